The molecule has 0 aromatic rings. The lowest BCUT2D eigenvalue weighted by molar-refractivity contribution is -0.160. The van der Waals surface area contributed by atoms with Gasteiger partial charge in [-0.25, -0.2) is 0 Å². The van der Waals surface area contributed by atoms with E-state index >= 15 is 0 Å². The first kappa shape index (κ1) is 25.5. The summed E-state index contributed by atoms with van der Waals surface area (Å²) in [4.78, 5) is 49.3. The van der Waals surface area contributed by atoms with Crippen LogP contribution in [-0.2, 0) is 23.9 Å². The Hall–Kier alpha value is -2.18. The maximum absolute atomic E-state index is 12.8. The van der Waals surface area contributed by atoms with Gasteiger partial charge in [-0.1, -0.05) is 19.4 Å². The highest BCUT2D eigenvalue weighted by Crippen LogP contribution is 2.65. The van der Waals surface area contributed by atoms with Crippen LogP contribution in [0.4, 0.5) is 0 Å². The van der Waals surface area contributed by atoms with Crippen LogP contribution < -0.4 is 10.6 Å². The van der Waals surface area contributed by atoms with Gasteiger partial charge in [-0.2, -0.15) is 0 Å². The molecule has 1 aliphatic heterocycles. The fraction of sp³-hybridized carbons (Fsp3) is 0.793. The molecular formula is C29H42N2O5. The highest BCUT2D eigenvalue weighted by atomic mass is 16.5. The summed E-state index contributed by atoms with van der Waals surface area (Å²) >= 11 is 0. The number of fused-ring (bicyclic) bond motifs is 5. The van der Waals surface area contributed by atoms with Gasteiger partial charge in [-0.05, 0) is 93.5 Å². The van der Waals surface area contributed by atoms with Crippen LogP contribution in [0.3, 0.4) is 0 Å². The Kier molecular flexibility index (Phi) is 7.03. The molecule has 2 amide bonds. The normalized spacial score (nSPS) is 40.1. The van der Waals surface area contributed by atoms with Crippen LogP contribution in [0.1, 0.15) is 97.3 Å². The third-order valence-electron chi connectivity index (χ3n) is 10.6. The van der Waals surface area contributed by atoms with Gasteiger partial charge in [0, 0.05) is 24.8 Å². The molecule has 4 aliphatic carbocycles. The van der Waals surface area contributed by atoms with Crippen molar-refractivity contribution in [3.05, 3.63) is 11.6 Å². The van der Waals surface area contributed by atoms with Crippen LogP contribution in [-0.4, -0.2) is 42.3 Å². The Balaban J connectivity index is 1.16. The zero-order valence-electron chi connectivity index (χ0n) is 21.9. The van der Waals surface area contributed by atoms with Crippen molar-refractivity contribution < 1.29 is 23.9 Å². The Morgan fingerprint density at radius 3 is 2.67 bits per heavy atom. The van der Waals surface area contributed by atoms with Gasteiger partial charge in [-0.15, -0.1) is 0 Å². The van der Waals surface area contributed by atoms with Crippen LogP contribution in [0.25, 0.3) is 0 Å². The molecule has 0 aromatic carbocycles. The number of esters is 1. The third-order valence-corrected chi connectivity index (χ3v) is 10.6. The molecule has 7 nitrogen and oxygen atoms in total. The maximum atomic E-state index is 12.8. The van der Waals surface area contributed by atoms with E-state index in [0.717, 1.165) is 57.8 Å². The zero-order chi connectivity index (χ0) is 25.5. The van der Waals surface area contributed by atoms with E-state index in [4.69, 9.17) is 4.74 Å². The van der Waals surface area contributed by atoms with Gasteiger partial charge in [0.05, 0.1) is 6.42 Å². The molecule has 0 spiro atoms. The van der Waals surface area contributed by atoms with Crippen molar-refractivity contribution >= 4 is 23.6 Å². The molecule has 198 valence electrons. The first-order valence-corrected chi connectivity index (χ1v) is 14.2. The molecule has 36 heavy (non-hydrogen) atoms. The second-order valence-corrected chi connectivity index (χ2v) is 12.5. The molecule has 7 atom stereocenters. The average molecular weight is 499 g/mol. The summed E-state index contributed by atoms with van der Waals surface area (Å²) in [5.41, 5.74) is 1.51. The smallest absolute Gasteiger partial charge is 0.306 e. The second-order valence-electron chi connectivity index (χ2n) is 12.5. The van der Waals surface area contributed by atoms with Crippen LogP contribution in [0, 0.1) is 28.6 Å². The summed E-state index contributed by atoms with van der Waals surface area (Å²) in [6, 6.07) is -0.504. The van der Waals surface area contributed by atoms with Crippen molar-refractivity contribution in [2.75, 3.05) is 6.54 Å². The van der Waals surface area contributed by atoms with E-state index in [-0.39, 0.29) is 47.6 Å². The van der Waals surface area contributed by atoms with E-state index in [1.54, 1.807) is 0 Å². The molecule has 1 saturated heterocycles. The highest BCUT2D eigenvalue weighted by Gasteiger charge is 2.59. The molecule has 0 radical (unpaired) electrons. The second kappa shape index (κ2) is 9.94. The number of allylic oxidation sites excluding steroid dienone is 1. The van der Waals surface area contributed by atoms with E-state index in [1.165, 1.54) is 5.57 Å². The molecule has 5 aliphatic rings. The van der Waals surface area contributed by atoms with E-state index in [0.29, 0.717) is 42.9 Å². The van der Waals surface area contributed by atoms with Crippen molar-refractivity contribution in [3.63, 3.8) is 0 Å². The fourth-order valence-corrected chi connectivity index (χ4v) is 8.48. The minimum absolute atomic E-state index is 0.0143. The summed E-state index contributed by atoms with van der Waals surface area (Å²) in [6.07, 6.45) is 12.4. The topological polar surface area (TPSA) is 102 Å². The first-order valence-electron chi connectivity index (χ1n) is 14.2. The molecule has 1 heterocycles. The fourth-order valence-electron chi connectivity index (χ4n) is 8.48. The van der Waals surface area contributed by atoms with Crippen LogP contribution >= 0.6 is 0 Å². The van der Waals surface area contributed by atoms with Gasteiger partial charge in [0.2, 0.25) is 11.8 Å². The number of hydrogen-bond donors (Lipinski definition) is 2. The number of rotatable bonds is 5. The molecular weight excluding hydrogens is 456 g/mol. The molecule has 5 rings (SSSR count). The summed E-state index contributed by atoms with van der Waals surface area (Å²) in [5, 5.41) is 5.61. The number of carbonyl (C=O) groups is 4. The number of nitrogens with one attached hydrogen (secondary N) is 2. The molecule has 7 heteroatoms. The lowest BCUT2D eigenvalue weighted by Gasteiger charge is -2.57. The van der Waals surface area contributed by atoms with Gasteiger partial charge in [0.1, 0.15) is 12.1 Å². The van der Waals surface area contributed by atoms with E-state index in [9.17, 15) is 19.2 Å². The zero-order valence-corrected chi connectivity index (χ0v) is 21.9. The molecule has 2 N–H and O–H groups in total. The number of ketones is 1. The van der Waals surface area contributed by atoms with Crippen LogP contribution in [0.2, 0.25) is 0 Å². The molecule has 0 unspecified atom stereocenters. The van der Waals surface area contributed by atoms with Crippen molar-refractivity contribution in [1.82, 2.24) is 10.6 Å². The van der Waals surface area contributed by atoms with Crippen molar-refractivity contribution in [2.24, 2.45) is 28.6 Å². The highest BCUT2D eigenvalue weighted by molar-refractivity contribution is 5.91. The summed E-state index contributed by atoms with van der Waals surface area (Å²) in [5.74, 6) is 1.36. The maximum Gasteiger partial charge on any atom is 0.306 e. The van der Waals surface area contributed by atoms with Crippen LogP contribution in [0.15, 0.2) is 11.6 Å². The quantitative estimate of drug-likeness (QED) is 0.558. The largest absolute Gasteiger partial charge is 0.462 e. The Morgan fingerprint density at radius 2 is 1.83 bits per heavy atom. The number of amides is 2. The molecule has 4 fully saturated rings. The van der Waals surface area contributed by atoms with Crippen molar-refractivity contribution in [1.29, 1.82) is 0 Å². The monoisotopic (exact) mass is 498 g/mol. The average Bonchev–Trinajstić information content (AvgIpc) is 3.04. The Bertz CT molecular complexity index is 959. The number of hydrogen-bond acceptors (Lipinski definition) is 5. The van der Waals surface area contributed by atoms with Gasteiger partial charge in [0.25, 0.3) is 0 Å². The van der Waals surface area contributed by atoms with Crippen LogP contribution in [0.5, 0.6) is 0 Å². The standard InChI is InChI=1S/C29H42N2O5/c1-28-14-12-19(32)17-18(28)6-7-20-21-8-9-24(29(21,2)15-13-22(20)28)36-26(34)11-10-25(33)31-23-5-3-4-16-30-27(23)35/h17,20-24H,3-16H2,1-2H3,(H,30,35)(H,31,33)/t20-,21-,22-,23+,24+,28-,29-/m0/s1. The van der Waals surface area contributed by atoms with E-state index < -0.39 is 6.04 Å². The number of carbonyl (C=O) groups excluding carboxylic acids is 4. The first-order chi connectivity index (χ1) is 17.2. The summed E-state index contributed by atoms with van der Waals surface area (Å²) < 4.78 is 6.04. The van der Waals surface area contributed by atoms with Gasteiger partial charge < -0.3 is 15.4 Å². The third kappa shape index (κ3) is 4.63. The van der Waals surface area contributed by atoms with Crippen molar-refractivity contribution in [2.45, 2.75) is 109 Å². The molecule has 3 saturated carbocycles. The Morgan fingerprint density at radius 1 is 1.00 bits per heavy atom. The molecule has 0 bridgehead atoms. The molecule has 0 aromatic heterocycles. The lowest BCUT2D eigenvalue weighted by atomic mass is 9.47. The Labute approximate surface area is 214 Å². The summed E-state index contributed by atoms with van der Waals surface area (Å²) in [6.45, 7) is 5.35. The van der Waals surface area contributed by atoms with Gasteiger partial charge in [-0.3, -0.25) is 19.2 Å². The van der Waals surface area contributed by atoms with E-state index in [1.807, 2.05) is 6.08 Å². The minimum atomic E-state index is -0.504. The van der Waals surface area contributed by atoms with E-state index in [2.05, 4.69) is 24.5 Å². The predicted molar refractivity (Wildman–Crippen MR) is 135 cm³/mol. The predicted octanol–water partition coefficient (Wildman–Crippen LogP) is 4.00. The number of ether oxygens (including phenoxy) is 1. The van der Waals surface area contributed by atoms with Crippen molar-refractivity contribution in [3.8, 4) is 0 Å². The summed E-state index contributed by atoms with van der Waals surface area (Å²) in [7, 11) is 0. The SMILES string of the molecule is C[C@]12CC[C@H]3[C@@H](CCC4=CC(=O)CC[C@@]43C)[C@@H]1CC[C@H]2OC(=O)CCC(=O)N[C@@H]1CCCCNC1=O. The minimum Gasteiger partial charge on any atom is -0.462 e. The van der Waals surface area contributed by atoms with Gasteiger partial charge >= 0.3 is 5.97 Å². The lowest BCUT2D eigenvalue weighted by Crippen LogP contribution is -2.51. The van der Waals surface area contributed by atoms with Gasteiger partial charge in [0.15, 0.2) is 5.78 Å².